The van der Waals surface area contributed by atoms with E-state index >= 15 is 0 Å². The second kappa shape index (κ2) is 8.38. The molecule has 0 spiro atoms. The minimum atomic E-state index is 0.482. The summed E-state index contributed by atoms with van der Waals surface area (Å²) in [6, 6.07) is 0. The minimum absolute atomic E-state index is 0.482. The molecule has 0 amide bonds. The second-order valence-electron chi connectivity index (χ2n) is 7.72. The standard InChI is InChI=1S/C18H37NO/c1-6-19-15-18(11-8-14-20-7-2)12-9-16(10-13-18)17(3,4)5/h16,19H,6-15H2,1-5H3. The Morgan fingerprint density at radius 3 is 2.30 bits per heavy atom. The molecule has 0 aromatic carbocycles. The zero-order valence-corrected chi connectivity index (χ0v) is 14.6. The maximum Gasteiger partial charge on any atom is 0.0466 e. The van der Waals surface area contributed by atoms with Crippen molar-refractivity contribution < 1.29 is 4.74 Å². The summed E-state index contributed by atoms with van der Waals surface area (Å²) in [5, 5.41) is 3.61. The first kappa shape index (κ1) is 18.0. The third-order valence-corrected chi connectivity index (χ3v) is 5.22. The molecule has 0 aliphatic heterocycles. The molecule has 1 aliphatic carbocycles. The molecule has 0 atom stereocenters. The van der Waals surface area contributed by atoms with Gasteiger partial charge in [0.1, 0.15) is 0 Å². The highest BCUT2D eigenvalue weighted by Crippen LogP contribution is 2.47. The Kier molecular flexibility index (Phi) is 7.53. The van der Waals surface area contributed by atoms with Gasteiger partial charge in [0, 0.05) is 19.8 Å². The lowest BCUT2D eigenvalue weighted by molar-refractivity contribution is 0.0659. The van der Waals surface area contributed by atoms with Gasteiger partial charge in [-0.25, -0.2) is 0 Å². The minimum Gasteiger partial charge on any atom is -0.382 e. The predicted molar refractivity (Wildman–Crippen MR) is 88.1 cm³/mol. The van der Waals surface area contributed by atoms with Crippen LogP contribution in [-0.4, -0.2) is 26.3 Å². The average Bonchev–Trinajstić information content (AvgIpc) is 2.41. The van der Waals surface area contributed by atoms with Gasteiger partial charge in [-0.1, -0.05) is 27.7 Å². The summed E-state index contributed by atoms with van der Waals surface area (Å²) in [4.78, 5) is 0. The van der Waals surface area contributed by atoms with Crippen LogP contribution in [0.1, 0.15) is 73.1 Å². The van der Waals surface area contributed by atoms with Crippen molar-refractivity contribution in [2.24, 2.45) is 16.7 Å². The molecule has 0 heterocycles. The van der Waals surface area contributed by atoms with E-state index in [4.69, 9.17) is 4.74 Å². The molecular weight excluding hydrogens is 246 g/mol. The Balaban J connectivity index is 2.49. The summed E-state index contributed by atoms with van der Waals surface area (Å²) in [5.41, 5.74) is 1.02. The molecule has 1 fully saturated rings. The van der Waals surface area contributed by atoms with Crippen molar-refractivity contribution in [3.05, 3.63) is 0 Å². The van der Waals surface area contributed by atoms with Gasteiger partial charge in [0.25, 0.3) is 0 Å². The van der Waals surface area contributed by atoms with Gasteiger partial charge < -0.3 is 10.1 Å². The van der Waals surface area contributed by atoms with Crippen LogP contribution in [0.5, 0.6) is 0 Å². The molecule has 2 heteroatoms. The lowest BCUT2D eigenvalue weighted by Gasteiger charge is -2.44. The highest BCUT2D eigenvalue weighted by Gasteiger charge is 2.37. The summed E-state index contributed by atoms with van der Waals surface area (Å²) in [5.74, 6) is 0.907. The molecule has 2 nitrogen and oxygen atoms in total. The van der Waals surface area contributed by atoms with Crippen molar-refractivity contribution in [3.8, 4) is 0 Å². The molecule has 120 valence electrons. The summed E-state index contributed by atoms with van der Waals surface area (Å²) >= 11 is 0. The summed E-state index contributed by atoms with van der Waals surface area (Å²) < 4.78 is 5.53. The molecular formula is C18H37NO. The van der Waals surface area contributed by atoms with E-state index in [9.17, 15) is 0 Å². The van der Waals surface area contributed by atoms with Crippen LogP contribution in [0, 0.1) is 16.7 Å². The zero-order valence-electron chi connectivity index (χ0n) is 14.6. The first-order chi connectivity index (χ1) is 9.43. The zero-order chi connectivity index (χ0) is 15.1. The maximum absolute atomic E-state index is 5.53. The molecule has 1 rings (SSSR count). The van der Waals surface area contributed by atoms with Crippen LogP contribution in [0.3, 0.4) is 0 Å². The highest BCUT2D eigenvalue weighted by atomic mass is 16.5. The van der Waals surface area contributed by atoms with Crippen LogP contribution < -0.4 is 5.32 Å². The van der Waals surface area contributed by atoms with Gasteiger partial charge in [-0.2, -0.15) is 0 Å². The predicted octanol–water partition coefficient (Wildman–Crippen LogP) is 4.64. The van der Waals surface area contributed by atoms with Gasteiger partial charge in [0.05, 0.1) is 0 Å². The molecule has 1 aliphatic rings. The normalized spacial score (nSPS) is 27.8. The Morgan fingerprint density at radius 1 is 1.15 bits per heavy atom. The number of hydrogen-bond donors (Lipinski definition) is 1. The van der Waals surface area contributed by atoms with Crippen LogP contribution in [-0.2, 0) is 4.74 Å². The van der Waals surface area contributed by atoms with Crippen LogP contribution >= 0.6 is 0 Å². The molecule has 0 radical (unpaired) electrons. The first-order valence-corrected chi connectivity index (χ1v) is 8.72. The highest BCUT2D eigenvalue weighted by molar-refractivity contribution is 4.90. The molecule has 0 saturated heterocycles. The van der Waals surface area contributed by atoms with E-state index in [1.54, 1.807) is 0 Å². The molecule has 0 aromatic rings. The monoisotopic (exact) mass is 283 g/mol. The number of ether oxygens (including phenoxy) is 1. The van der Waals surface area contributed by atoms with Crippen LogP contribution in [0.25, 0.3) is 0 Å². The van der Waals surface area contributed by atoms with Crippen LogP contribution in [0.2, 0.25) is 0 Å². The molecule has 0 bridgehead atoms. The summed E-state index contributed by atoms with van der Waals surface area (Å²) in [7, 11) is 0. The summed E-state index contributed by atoms with van der Waals surface area (Å²) in [6.07, 6.45) is 8.16. The van der Waals surface area contributed by atoms with Crippen molar-refractivity contribution >= 4 is 0 Å². The number of rotatable bonds is 8. The fourth-order valence-electron chi connectivity index (χ4n) is 3.70. The molecule has 0 aromatic heterocycles. The maximum atomic E-state index is 5.53. The third-order valence-electron chi connectivity index (χ3n) is 5.22. The Bertz CT molecular complexity index is 249. The van der Waals surface area contributed by atoms with E-state index < -0.39 is 0 Å². The Labute approximate surface area is 127 Å². The molecule has 1 saturated carbocycles. The largest absolute Gasteiger partial charge is 0.382 e. The van der Waals surface area contributed by atoms with E-state index in [-0.39, 0.29) is 0 Å². The quantitative estimate of drug-likeness (QED) is 0.655. The molecule has 20 heavy (non-hydrogen) atoms. The topological polar surface area (TPSA) is 21.3 Å². The molecule has 1 N–H and O–H groups in total. The average molecular weight is 284 g/mol. The van der Waals surface area contributed by atoms with Gasteiger partial charge in [-0.15, -0.1) is 0 Å². The van der Waals surface area contributed by atoms with Crippen LogP contribution in [0.4, 0.5) is 0 Å². The first-order valence-electron chi connectivity index (χ1n) is 8.72. The smallest absolute Gasteiger partial charge is 0.0466 e. The van der Waals surface area contributed by atoms with Gasteiger partial charge in [-0.3, -0.25) is 0 Å². The van der Waals surface area contributed by atoms with Gasteiger partial charge in [-0.05, 0) is 68.7 Å². The van der Waals surface area contributed by atoms with Crippen molar-refractivity contribution in [2.45, 2.75) is 73.1 Å². The lowest BCUT2D eigenvalue weighted by atomic mass is 9.62. The Morgan fingerprint density at radius 2 is 1.80 bits per heavy atom. The van der Waals surface area contributed by atoms with E-state index in [0.717, 1.165) is 25.7 Å². The fraction of sp³-hybridized carbons (Fsp3) is 1.00. The second-order valence-corrected chi connectivity index (χ2v) is 7.72. The lowest BCUT2D eigenvalue weighted by Crippen LogP contribution is -2.40. The van der Waals surface area contributed by atoms with Crippen molar-refractivity contribution in [2.75, 3.05) is 26.3 Å². The van der Waals surface area contributed by atoms with E-state index in [2.05, 4.69) is 39.9 Å². The van der Waals surface area contributed by atoms with Gasteiger partial charge in [0.15, 0.2) is 0 Å². The van der Waals surface area contributed by atoms with Crippen molar-refractivity contribution in [1.82, 2.24) is 5.32 Å². The van der Waals surface area contributed by atoms with E-state index in [1.807, 2.05) is 0 Å². The van der Waals surface area contributed by atoms with Gasteiger partial charge in [0.2, 0.25) is 0 Å². The number of hydrogen-bond acceptors (Lipinski definition) is 2. The Hall–Kier alpha value is -0.0800. The third kappa shape index (κ3) is 5.73. The van der Waals surface area contributed by atoms with Crippen LogP contribution in [0.15, 0.2) is 0 Å². The van der Waals surface area contributed by atoms with Crippen molar-refractivity contribution in [1.29, 1.82) is 0 Å². The van der Waals surface area contributed by atoms with E-state index in [1.165, 1.54) is 45.1 Å². The molecule has 0 unspecified atom stereocenters. The van der Waals surface area contributed by atoms with Gasteiger partial charge >= 0.3 is 0 Å². The summed E-state index contributed by atoms with van der Waals surface area (Å²) in [6.45, 7) is 15.6. The fourth-order valence-corrected chi connectivity index (χ4v) is 3.70. The van der Waals surface area contributed by atoms with Crippen molar-refractivity contribution in [3.63, 3.8) is 0 Å². The SMILES string of the molecule is CCNCC1(CCCOCC)CCC(C(C)(C)C)CC1. The van der Waals surface area contributed by atoms with E-state index in [0.29, 0.717) is 10.8 Å². The number of nitrogens with one attached hydrogen (secondary N) is 1.